The Balaban J connectivity index is 0.000000423. The molecule has 31 heavy (non-hydrogen) atoms. The minimum absolute atomic E-state index is 0.0835. The van der Waals surface area contributed by atoms with Gasteiger partial charge in [0.15, 0.2) is 0 Å². The molecular weight excluding hydrogens is 423 g/mol. The molecule has 0 aliphatic carbocycles. The number of halogens is 3. The number of morpholine rings is 1. The number of nitrogens with one attached hydrogen (secondary N) is 1. The molecule has 0 atom stereocenters. The monoisotopic (exact) mass is 445 g/mol. The molecule has 3 heterocycles. The Bertz CT molecular complexity index is 880. The minimum atomic E-state index is -5.08. The van der Waals surface area contributed by atoms with Crippen LogP contribution >= 0.6 is 0 Å². The quantitative estimate of drug-likeness (QED) is 0.613. The molecule has 1 aliphatic rings. The highest BCUT2D eigenvalue weighted by Crippen LogP contribution is 2.22. The van der Waals surface area contributed by atoms with Crippen LogP contribution in [-0.4, -0.2) is 82.3 Å². The number of carboxylic acid groups (broad SMARTS) is 1. The maximum Gasteiger partial charge on any atom is 0.490 e. The number of anilines is 1. The molecule has 2 aromatic rings. The highest BCUT2D eigenvalue weighted by Gasteiger charge is 2.38. The molecule has 0 unspecified atom stereocenters. The van der Waals surface area contributed by atoms with Crippen LogP contribution in [0.4, 0.5) is 19.1 Å². The summed E-state index contributed by atoms with van der Waals surface area (Å²) in [4.78, 5) is 31.9. The number of aliphatic hydroxyl groups is 1. The first-order valence-corrected chi connectivity index (χ1v) is 9.14. The lowest BCUT2D eigenvalue weighted by Crippen LogP contribution is -2.37. The van der Waals surface area contributed by atoms with E-state index >= 15 is 0 Å². The van der Waals surface area contributed by atoms with Gasteiger partial charge in [0, 0.05) is 56.4 Å². The third-order valence-electron chi connectivity index (χ3n) is 4.14. The zero-order chi connectivity index (χ0) is 23.0. The molecule has 1 aliphatic heterocycles. The number of aliphatic hydroxyl groups excluding tert-OH is 1. The number of carbonyl (C=O) groups is 2. The largest absolute Gasteiger partial charge is 0.490 e. The number of carbonyl (C=O) groups excluding carboxylic acids is 1. The summed E-state index contributed by atoms with van der Waals surface area (Å²) >= 11 is 0. The normalized spacial score (nSPS) is 13.9. The van der Waals surface area contributed by atoms with Gasteiger partial charge < -0.3 is 29.7 Å². The fourth-order valence-corrected chi connectivity index (χ4v) is 2.61. The van der Waals surface area contributed by atoms with E-state index in [9.17, 15) is 18.0 Å². The third-order valence-corrected chi connectivity index (χ3v) is 4.14. The zero-order valence-electron chi connectivity index (χ0n) is 16.6. The van der Waals surface area contributed by atoms with E-state index in [1.165, 1.54) is 0 Å². The van der Waals surface area contributed by atoms with E-state index in [0.29, 0.717) is 24.9 Å². The Morgan fingerprint density at radius 2 is 1.77 bits per heavy atom. The van der Waals surface area contributed by atoms with Gasteiger partial charge in [0.2, 0.25) is 5.95 Å². The summed E-state index contributed by atoms with van der Waals surface area (Å²) in [6, 6.07) is 1.79. The van der Waals surface area contributed by atoms with E-state index in [-0.39, 0.29) is 19.1 Å². The van der Waals surface area contributed by atoms with Gasteiger partial charge in [0.1, 0.15) is 5.69 Å². The molecule has 10 nitrogen and oxygen atoms in total. The molecule has 0 saturated carbocycles. The highest BCUT2D eigenvalue weighted by atomic mass is 19.4. The van der Waals surface area contributed by atoms with Gasteiger partial charge in [0.25, 0.3) is 5.91 Å². The maximum absolute atomic E-state index is 12.0. The summed E-state index contributed by atoms with van der Waals surface area (Å²) in [5, 5.41) is 18.6. The summed E-state index contributed by atoms with van der Waals surface area (Å²) in [5.41, 5.74) is 2.25. The van der Waals surface area contributed by atoms with E-state index in [1.807, 2.05) is 6.20 Å². The van der Waals surface area contributed by atoms with Crippen molar-refractivity contribution in [1.82, 2.24) is 19.9 Å². The van der Waals surface area contributed by atoms with Crippen LogP contribution in [-0.2, 0) is 16.6 Å². The molecule has 170 valence electrons. The predicted molar refractivity (Wildman–Crippen MR) is 103 cm³/mol. The number of ether oxygens (including phenoxy) is 1. The van der Waals surface area contributed by atoms with E-state index in [4.69, 9.17) is 19.7 Å². The number of hydrogen-bond donors (Lipinski definition) is 3. The lowest BCUT2D eigenvalue weighted by atomic mass is 10.2. The van der Waals surface area contributed by atoms with E-state index in [1.54, 1.807) is 30.1 Å². The molecule has 0 radical (unpaired) electrons. The van der Waals surface area contributed by atoms with Crippen LogP contribution < -0.4 is 10.2 Å². The maximum atomic E-state index is 12.0. The Hall–Kier alpha value is -3.19. The van der Waals surface area contributed by atoms with E-state index in [0.717, 1.165) is 24.2 Å². The first-order chi connectivity index (χ1) is 14.6. The number of aromatic nitrogens is 3. The van der Waals surface area contributed by atoms with Crippen LogP contribution in [0, 0.1) is 0 Å². The van der Waals surface area contributed by atoms with Crippen molar-refractivity contribution in [2.75, 3.05) is 44.4 Å². The fraction of sp³-hybridized carbons (Fsp3) is 0.444. The number of nitrogens with zero attached hydrogens (tertiary/aromatic N) is 4. The summed E-state index contributed by atoms with van der Waals surface area (Å²) in [6.07, 6.45) is 0.312. The Morgan fingerprint density at radius 3 is 2.29 bits per heavy atom. The summed E-state index contributed by atoms with van der Waals surface area (Å²) in [7, 11) is 1.81. The number of rotatable bonds is 5. The van der Waals surface area contributed by atoms with Crippen molar-refractivity contribution in [3.63, 3.8) is 0 Å². The van der Waals surface area contributed by atoms with Crippen molar-refractivity contribution in [1.29, 1.82) is 0 Å². The van der Waals surface area contributed by atoms with Gasteiger partial charge in [0.05, 0.1) is 19.8 Å². The van der Waals surface area contributed by atoms with Crippen LogP contribution in [0.5, 0.6) is 0 Å². The summed E-state index contributed by atoms with van der Waals surface area (Å²) in [6.45, 7) is 3.11. The van der Waals surface area contributed by atoms with Crippen molar-refractivity contribution >= 4 is 17.8 Å². The van der Waals surface area contributed by atoms with Gasteiger partial charge in [-0.15, -0.1) is 0 Å². The van der Waals surface area contributed by atoms with Crippen LogP contribution in [0.3, 0.4) is 0 Å². The molecule has 0 spiro atoms. The molecule has 3 N–H and O–H groups in total. The smallest absolute Gasteiger partial charge is 0.475 e. The van der Waals surface area contributed by atoms with Crippen LogP contribution in [0.25, 0.3) is 11.1 Å². The third kappa shape index (κ3) is 6.93. The first kappa shape index (κ1) is 24.1. The number of aliphatic carboxylic acids is 1. The highest BCUT2D eigenvalue weighted by molar-refractivity contribution is 5.94. The molecule has 1 saturated heterocycles. The van der Waals surface area contributed by atoms with E-state index < -0.39 is 12.1 Å². The second-order valence-electron chi connectivity index (χ2n) is 6.38. The molecule has 1 amide bonds. The number of alkyl halides is 3. The number of amides is 1. The second kappa shape index (κ2) is 10.7. The zero-order valence-corrected chi connectivity index (χ0v) is 16.6. The Morgan fingerprint density at radius 1 is 1.19 bits per heavy atom. The van der Waals surface area contributed by atoms with Gasteiger partial charge in [-0.1, -0.05) is 0 Å². The molecule has 2 aromatic heterocycles. The van der Waals surface area contributed by atoms with Crippen molar-refractivity contribution in [2.24, 2.45) is 7.05 Å². The second-order valence-corrected chi connectivity index (χ2v) is 6.38. The van der Waals surface area contributed by atoms with Gasteiger partial charge in [-0.3, -0.25) is 4.79 Å². The van der Waals surface area contributed by atoms with Gasteiger partial charge in [-0.05, 0) is 6.07 Å². The van der Waals surface area contributed by atoms with Crippen LogP contribution in [0.2, 0.25) is 0 Å². The van der Waals surface area contributed by atoms with Gasteiger partial charge in [-0.2, -0.15) is 13.2 Å². The number of aryl methyl sites for hydroxylation is 1. The molecule has 1 fully saturated rings. The SMILES string of the molecule is Cn1cc(-c2cnc(N3CCOCC3)nc2)cc1C(=O)NCCO.O=C(O)C(F)(F)F. The fourth-order valence-electron chi connectivity index (χ4n) is 2.61. The molecule has 3 rings (SSSR count). The van der Waals surface area contributed by atoms with Crippen molar-refractivity contribution in [2.45, 2.75) is 6.18 Å². The van der Waals surface area contributed by atoms with Crippen molar-refractivity contribution < 1.29 is 37.7 Å². The standard InChI is InChI=1S/C16H21N5O3.C2HF3O2/c1-20-11-12(8-14(20)15(23)17-2-5-22)13-9-18-16(19-10-13)21-3-6-24-7-4-21;3-2(4,5)1(6)7/h8-11,22H,2-7H2,1H3,(H,17,23);(H,6,7). The Labute approximate surface area is 175 Å². The molecule has 13 heteroatoms. The summed E-state index contributed by atoms with van der Waals surface area (Å²) < 4.78 is 38.8. The minimum Gasteiger partial charge on any atom is -0.475 e. The Kier molecular flexibility index (Phi) is 8.33. The predicted octanol–water partition coefficient (Wildman–Crippen LogP) is 0.674. The van der Waals surface area contributed by atoms with Gasteiger partial charge in [-0.25, -0.2) is 14.8 Å². The summed E-state index contributed by atoms with van der Waals surface area (Å²) in [5.74, 6) is -2.28. The average molecular weight is 445 g/mol. The topological polar surface area (TPSA) is 130 Å². The van der Waals surface area contributed by atoms with Crippen LogP contribution in [0.15, 0.2) is 24.7 Å². The lowest BCUT2D eigenvalue weighted by Gasteiger charge is -2.26. The first-order valence-electron chi connectivity index (χ1n) is 9.14. The van der Waals surface area contributed by atoms with Gasteiger partial charge >= 0.3 is 12.1 Å². The van der Waals surface area contributed by atoms with Crippen LogP contribution in [0.1, 0.15) is 10.5 Å². The average Bonchev–Trinajstić information content (AvgIpc) is 3.14. The lowest BCUT2D eigenvalue weighted by molar-refractivity contribution is -0.192. The molecule has 0 aromatic carbocycles. The molecule has 0 bridgehead atoms. The van der Waals surface area contributed by atoms with Crippen molar-refractivity contribution in [3.05, 3.63) is 30.4 Å². The van der Waals surface area contributed by atoms with Crippen molar-refractivity contribution in [3.8, 4) is 11.1 Å². The van der Waals surface area contributed by atoms with E-state index in [2.05, 4.69) is 20.2 Å². The number of hydrogen-bond acceptors (Lipinski definition) is 7. The number of carboxylic acids is 1. The molecular formula is C18H22F3N5O5.